The molecule has 13 rings (SSSR count). The van der Waals surface area contributed by atoms with Crippen molar-refractivity contribution >= 4 is 151 Å². The summed E-state index contributed by atoms with van der Waals surface area (Å²) in [6, 6.07) is 50.9. The minimum Gasteiger partial charge on any atom is -0.323 e. The molecule has 5 atom stereocenters. The number of carbonyl (C=O) groups excluding carboxylic acids is 11. The highest BCUT2D eigenvalue weighted by molar-refractivity contribution is 8.13. The molecule has 27 nitrogen and oxygen atoms in total. The molecule has 6 aromatic carbocycles. The Bertz CT molecular complexity index is 4370. The van der Waals surface area contributed by atoms with E-state index in [1.54, 1.807) is 99.0 Å². The first-order valence-corrected chi connectivity index (χ1v) is 44.8. The fourth-order valence-electron chi connectivity index (χ4n) is 12.0. The van der Waals surface area contributed by atoms with Crippen molar-refractivity contribution in [3.05, 3.63) is 215 Å². The molecular weight excluding hydrogens is 1630 g/mol. The van der Waals surface area contributed by atoms with E-state index in [-0.39, 0.29) is 56.9 Å². The number of rotatable bonds is 23. The van der Waals surface area contributed by atoms with Crippen LogP contribution < -0.4 is 58.5 Å². The molecule has 7 heterocycles. The lowest BCUT2D eigenvalue weighted by Gasteiger charge is -2.33. The normalized spacial score (nSPS) is 22.1. The van der Waals surface area contributed by atoms with Gasteiger partial charge in [-0.25, -0.2) is 53.9 Å². The fraction of sp³-hybridized carbons (Fsp3) is 0.405. The van der Waals surface area contributed by atoms with Gasteiger partial charge in [-0.2, -0.15) is 35.3 Å². The molecule has 7 saturated heterocycles. The Morgan fingerprint density at radius 1 is 0.414 bits per heavy atom. The first kappa shape index (κ1) is 97.7. The zero-order chi connectivity index (χ0) is 83.3. The first-order valence-electron chi connectivity index (χ1n) is 36.1. The lowest BCUT2D eigenvalue weighted by atomic mass is 9.90. The van der Waals surface area contributed by atoms with Gasteiger partial charge in [-0.05, 0) is 150 Å². The van der Waals surface area contributed by atoms with E-state index in [1.165, 1.54) is 70.9 Å². The van der Waals surface area contributed by atoms with Crippen LogP contribution in [0, 0.1) is 11.6 Å². The maximum atomic E-state index is 13.0. The molecule has 6 aromatic rings. The molecular formula is C79H99BClF2N12O15S6. The Morgan fingerprint density at radius 2 is 0.681 bits per heavy atom. The molecule has 0 saturated carbocycles. The van der Waals surface area contributed by atoms with Gasteiger partial charge in [0.2, 0.25) is 19.1 Å². The highest BCUT2D eigenvalue weighted by Gasteiger charge is 2.48. The van der Waals surface area contributed by atoms with Crippen LogP contribution in [0.2, 0.25) is 0 Å². The summed E-state index contributed by atoms with van der Waals surface area (Å²) in [7, 11) is -2.56. The van der Waals surface area contributed by atoms with Crippen LogP contribution in [0.3, 0.4) is 0 Å². The van der Waals surface area contributed by atoms with Crippen LogP contribution in [0.15, 0.2) is 170 Å². The molecule has 1 unspecified atom stereocenters. The summed E-state index contributed by atoms with van der Waals surface area (Å²) >= 11 is 6.56. The molecule has 0 bridgehead atoms. The Hall–Kier alpha value is -8.88. The molecule has 15 amide bonds. The van der Waals surface area contributed by atoms with E-state index in [2.05, 4.69) is 65.3 Å². The number of halogens is 3. The van der Waals surface area contributed by atoms with Gasteiger partial charge in [0.25, 0.3) is 29.5 Å². The van der Waals surface area contributed by atoms with Crippen LogP contribution in [-0.4, -0.2) is 183 Å². The topological polar surface area (TPSA) is 392 Å². The van der Waals surface area contributed by atoms with E-state index in [9.17, 15) is 78.4 Å². The second kappa shape index (κ2) is 45.7. The number of benzene rings is 6. The van der Waals surface area contributed by atoms with Crippen molar-refractivity contribution in [2.24, 2.45) is 0 Å². The zero-order valence-electron chi connectivity index (χ0n) is 64.3. The number of nitrogens with zero attached hydrogens (tertiary/aromatic N) is 1. The smallest absolute Gasteiger partial charge is 0.322 e. The number of ketones is 1. The number of hydrogen-bond acceptors (Lipinski definition) is 20. The number of piperidine rings is 2. The van der Waals surface area contributed by atoms with Crippen molar-refractivity contribution in [3.8, 4) is 0 Å². The fourth-order valence-corrected chi connectivity index (χ4v) is 19.7. The standard InChI is InChI=1S/C16H20FN3O4S.3C12H14N2O2S.C11H14FN.C10H12OS.C5H7ClN2O4S.CH4.B/c1-16(14(21)18-15(22)19-16)10-25(23,24)20-8-6-12(7-9-20)11-2-4-13(17)5-3-11;3*1-12(10(15)13-11(16)14-12)8-17-7-9-5-3-2-4-6-9;12-11-3-1-9(2-4-11)10-5-7-13-8-6-10;1-9(11)7-12-8-10-5-3-2-4-6-10;1-5(2-13(6,11)12)3(9)7-4(10)8-5;;/h2-5,12H,6-10H2,1H3,(H2,18,19,21,22);3*2-6H,7-8H2,1H3,(H2,13,14,15,16);1-4,10,13H,5-8H2;2-6H,7-8H2,1H3;2H2,1H3,(H2,7,8,9,10);1H4;/t16-;2*12-;;;;5-;;/m110...1../s1. The Balaban J connectivity index is 0.000000244. The van der Waals surface area contributed by atoms with E-state index in [0.29, 0.717) is 54.9 Å². The molecule has 3 radical (unpaired) electrons. The van der Waals surface area contributed by atoms with Gasteiger partial charge in [-0.3, -0.25) is 55.4 Å². The SMILES string of the molecule is C.CC(=O)CSCc1ccccc1.CC1(CSCc2ccccc2)NC(=O)NC1=O.C[C@@]1(CSCc2ccccc2)NC(=O)NC1=O.C[C@]1(CS(=O)(=O)Cl)NC(=O)NC1=O.C[C@]1(CS(=O)(=O)N2CCC(c3ccc(F)cc3)CC2)NC(=O)NC1=O.C[C@]1(CSCc2ccccc2)NC(=O)NC1=O.Fc1ccc(C2CCNCC2)cc1.[B]. The second-order valence-electron chi connectivity index (χ2n) is 28.6. The Morgan fingerprint density at radius 3 is 0.948 bits per heavy atom. The van der Waals surface area contributed by atoms with Gasteiger partial charge in [0.15, 0.2) is 0 Å². The lowest BCUT2D eigenvalue weighted by molar-refractivity contribution is -0.123. The van der Waals surface area contributed by atoms with Crippen molar-refractivity contribution in [2.75, 3.05) is 60.7 Å². The van der Waals surface area contributed by atoms with E-state index >= 15 is 0 Å². The van der Waals surface area contributed by atoms with Crippen molar-refractivity contribution < 1.29 is 78.4 Å². The molecule has 0 aliphatic carbocycles. The quantitative estimate of drug-likeness (QED) is 0.0161. The predicted octanol–water partition coefficient (Wildman–Crippen LogP) is 9.70. The molecule has 37 heteroatoms. The maximum Gasteiger partial charge on any atom is 0.322 e. The zero-order valence-corrected chi connectivity index (χ0v) is 69.9. The number of imide groups is 5. The minimum absolute atomic E-state index is 0. The van der Waals surface area contributed by atoms with Gasteiger partial charge in [0.05, 0.1) is 17.3 Å². The monoisotopic (exact) mass is 1730 g/mol. The number of thioether (sulfide) groups is 4. The maximum absolute atomic E-state index is 13.0. The Labute approximate surface area is 699 Å². The molecule has 7 aliphatic heterocycles. The van der Waals surface area contributed by atoms with Crippen molar-refractivity contribution in [1.29, 1.82) is 0 Å². The molecule has 116 heavy (non-hydrogen) atoms. The van der Waals surface area contributed by atoms with Crippen LogP contribution in [0.5, 0.6) is 0 Å². The summed E-state index contributed by atoms with van der Waals surface area (Å²) in [6.07, 6.45) is 3.59. The highest BCUT2D eigenvalue weighted by Crippen LogP contribution is 2.32. The molecule has 0 aromatic heterocycles. The van der Waals surface area contributed by atoms with Gasteiger partial charge in [0, 0.05) is 72.5 Å². The number of urea groups is 5. The van der Waals surface area contributed by atoms with Gasteiger partial charge >= 0.3 is 30.2 Å². The van der Waals surface area contributed by atoms with E-state index < -0.39 is 100 Å². The van der Waals surface area contributed by atoms with Gasteiger partial charge in [-0.1, -0.05) is 153 Å². The average Bonchev–Trinajstić information content (AvgIpc) is 1.56. The number of sulfonamides is 1. The van der Waals surface area contributed by atoms with Gasteiger partial charge in [-0.15, -0.1) is 11.8 Å². The number of Topliss-reactive ketones (excluding diaryl/α,β-unsaturated/α-hetero) is 1. The van der Waals surface area contributed by atoms with E-state index in [4.69, 9.17) is 10.7 Å². The Kier molecular flexibility index (Phi) is 38.5. The lowest BCUT2D eigenvalue weighted by Crippen LogP contribution is -2.53. The van der Waals surface area contributed by atoms with Crippen LogP contribution in [0.4, 0.5) is 32.8 Å². The largest absolute Gasteiger partial charge is 0.323 e. The van der Waals surface area contributed by atoms with Crippen molar-refractivity contribution in [1.82, 2.24) is 62.8 Å². The van der Waals surface area contributed by atoms with Crippen LogP contribution in [-0.2, 0) is 70.9 Å². The van der Waals surface area contributed by atoms with Gasteiger partial charge < -0.3 is 31.9 Å². The molecule has 625 valence electrons. The summed E-state index contributed by atoms with van der Waals surface area (Å²) in [6.45, 7) is 12.4. The number of amides is 15. The van der Waals surface area contributed by atoms with Crippen LogP contribution >= 0.6 is 57.7 Å². The third kappa shape index (κ3) is 31.9. The molecule has 7 fully saturated rings. The number of hydrogen-bond donors (Lipinski definition) is 11. The third-order valence-electron chi connectivity index (χ3n) is 18.3. The van der Waals surface area contributed by atoms with Crippen molar-refractivity contribution in [3.63, 3.8) is 0 Å². The van der Waals surface area contributed by atoms with Gasteiger partial charge in [0.1, 0.15) is 45.1 Å². The summed E-state index contributed by atoms with van der Waals surface area (Å²) in [4.78, 5) is 123. The third-order valence-corrected chi connectivity index (χ3v) is 26.8. The van der Waals surface area contributed by atoms with Crippen molar-refractivity contribution in [2.45, 2.75) is 137 Å². The summed E-state index contributed by atoms with van der Waals surface area (Å²) in [5, 5.41) is 26.5. The minimum atomic E-state index is -3.83. The van der Waals surface area contributed by atoms with E-state index in [0.717, 1.165) is 41.7 Å². The first-order chi connectivity index (χ1) is 53.9. The van der Waals surface area contributed by atoms with E-state index in [1.807, 2.05) is 127 Å². The van der Waals surface area contributed by atoms with Crippen LogP contribution in [0.25, 0.3) is 0 Å². The summed E-state index contributed by atoms with van der Waals surface area (Å²) < 4.78 is 73.6. The summed E-state index contributed by atoms with van der Waals surface area (Å²) in [5.41, 5.74) is 1.94. The number of nitrogens with one attached hydrogen (secondary N) is 11. The summed E-state index contributed by atoms with van der Waals surface area (Å²) in [5.74, 6) is 3.20. The highest BCUT2D eigenvalue weighted by atomic mass is 35.7. The second-order valence-corrected chi connectivity index (χ2v) is 37.2. The number of carbonyl (C=O) groups is 11. The predicted molar refractivity (Wildman–Crippen MR) is 454 cm³/mol. The average molecular weight is 1730 g/mol. The molecule has 7 aliphatic rings. The van der Waals surface area contributed by atoms with Crippen LogP contribution in [0.1, 0.15) is 120 Å². The molecule has 11 N–H and O–H groups in total. The molecule has 0 spiro atoms.